The molecule has 2 aromatic heterocycles. The summed E-state index contributed by atoms with van der Waals surface area (Å²) in [5.74, 6) is -0.166. The van der Waals surface area contributed by atoms with Crippen LogP contribution in [0.25, 0.3) is 0 Å². The summed E-state index contributed by atoms with van der Waals surface area (Å²) in [6, 6.07) is 1.87. The number of rotatable bonds is 3. The van der Waals surface area contributed by atoms with Crippen LogP contribution >= 0.6 is 11.6 Å². The number of aryl methyl sites for hydroxylation is 2. The predicted molar refractivity (Wildman–Crippen MR) is 67.2 cm³/mol. The van der Waals surface area contributed by atoms with Gasteiger partial charge < -0.3 is 4.90 Å². The van der Waals surface area contributed by atoms with Gasteiger partial charge in [-0.3, -0.25) is 14.2 Å². The summed E-state index contributed by atoms with van der Waals surface area (Å²) in [6.45, 7) is 0.469. The smallest absolute Gasteiger partial charge is 0.273 e. The van der Waals surface area contributed by atoms with E-state index in [1.165, 1.54) is 10.9 Å². The standard InChI is InChI=1S/C11H14ClN5O/c1-15(7-8-4-5-13-16(8)2)11(18)10-9(12)6-14-17(10)3/h4-6H,7H2,1-3H3. The van der Waals surface area contributed by atoms with Crippen molar-refractivity contribution in [1.82, 2.24) is 24.5 Å². The highest BCUT2D eigenvalue weighted by Gasteiger charge is 2.20. The quantitative estimate of drug-likeness (QED) is 0.836. The Labute approximate surface area is 110 Å². The van der Waals surface area contributed by atoms with Crippen molar-refractivity contribution in [3.63, 3.8) is 0 Å². The number of hydrogen-bond acceptors (Lipinski definition) is 3. The summed E-state index contributed by atoms with van der Waals surface area (Å²) in [4.78, 5) is 13.8. The highest BCUT2D eigenvalue weighted by Crippen LogP contribution is 2.16. The number of halogens is 1. The molecule has 96 valence electrons. The third-order valence-electron chi connectivity index (χ3n) is 2.77. The lowest BCUT2D eigenvalue weighted by Gasteiger charge is -2.17. The third-order valence-corrected chi connectivity index (χ3v) is 3.04. The minimum atomic E-state index is -0.166. The monoisotopic (exact) mass is 267 g/mol. The van der Waals surface area contributed by atoms with E-state index in [9.17, 15) is 4.79 Å². The van der Waals surface area contributed by atoms with Crippen molar-refractivity contribution in [3.8, 4) is 0 Å². The zero-order valence-corrected chi connectivity index (χ0v) is 11.2. The largest absolute Gasteiger partial charge is 0.334 e. The maximum atomic E-state index is 12.2. The molecule has 6 nitrogen and oxygen atoms in total. The van der Waals surface area contributed by atoms with Gasteiger partial charge in [0.2, 0.25) is 0 Å². The minimum absolute atomic E-state index is 0.166. The van der Waals surface area contributed by atoms with E-state index in [4.69, 9.17) is 11.6 Å². The molecule has 0 bridgehead atoms. The van der Waals surface area contributed by atoms with Crippen LogP contribution in [0.3, 0.4) is 0 Å². The normalized spacial score (nSPS) is 10.7. The summed E-state index contributed by atoms with van der Waals surface area (Å²) in [7, 11) is 5.25. The van der Waals surface area contributed by atoms with Gasteiger partial charge in [-0.2, -0.15) is 10.2 Å². The molecule has 0 fully saturated rings. The van der Waals surface area contributed by atoms with E-state index >= 15 is 0 Å². The van der Waals surface area contributed by atoms with Crippen molar-refractivity contribution in [1.29, 1.82) is 0 Å². The number of amides is 1. The van der Waals surface area contributed by atoms with Crippen molar-refractivity contribution >= 4 is 17.5 Å². The van der Waals surface area contributed by atoms with Crippen LogP contribution in [-0.4, -0.2) is 37.4 Å². The summed E-state index contributed by atoms with van der Waals surface area (Å²) in [5, 5.41) is 8.38. The number of carbonyl (C=O) groups is 1. The zero-order valence-electron chi connectivity index (χ0n) is 10.5. The molecule has 0 aliphatic rings. The van der Waals surface area contributed by atoms with Gasteiger partial charge in [0, 0.05) is 27.3 Å². The second-order valence-corrected chi connectivity index (χ2v) is 4.48. The Balaban J connectivity index is 2.17. The highest BCUT2D eigenvalue weighted by atomic mass is 35.5. The van der Waals surface area contributed by atoms with Crippen LogP contribution in [0.1, 0.15) is 16.2 Å². The van der Waals surface area contributed by atoms with Gasteiger partial charge in [0.05, 0.1) is 23.5 Å². The van der Waals surface area contributed by atoms with Crippen LogP contribution in [0.4, 0.5) is 0 Å². The minimum Gasteiger partial charge on any atom is -0.334 e. The first-order valence-electron chi connectivity index (χ1n) is 5.40. The molecular formula is C11H14ClN5O. The van der Waals surface area contributed by atoms with Crippen LogP contribution in [0.5, 0.6) is 0 Å². The first kappa shape index (κ1) is 12.6. The summed E-state index contributed by atoms with van der Waals surface area (Å²) in [5.41, 5.74) is 1.34. The molecule has 2 aromatic rings. The predicted octanol–water partition coefficient (Wildman–Crippen LogP) is 1.08. The van der Waals surface area contributed by atoms with E-state index in [1.54, 1.807) is 29.9 Å². The Hall–Kier alpha value is -1.82. The Morgan fingerprint density at radius 2 is 2.11 bits per heavy atom. The lowest BCUT2D eigenvalue weighted by Crippen LogP contribution is -2.29. The van der Waals surface area contributed by atoms with Crippen LogP contribution in [0.2, 0.25) is 5.02 Å². The van der Waals surface area contributed by atoms with Gasteiger partial charge in [-0.05, 0) is 6.07 Å². The van der Waals surface area contributed by atoms with Crippen LogP contribution in [0.15, 0.2) is 18.5 Å². The Bertz CT molecular complexity index is 554. The molecule has 18 heavy (non-hydrogen) atoms. The average Bonchev–Trinajstić information content (AvgIpc) is 2.86. The van der Waals surface area contributed by atoms with Crippen molar-refractivity contribution in [2.75, 3.05) is 7.05 Å². The SMILES string of the molecule is CN(Cc1ccnn1C)C(=O)c1c(Cl)cnn1C. The first-order valence-corrected chi connectivity index (χ1v) is 5.78. The fourth-order valence-electron chi connectivity index (χ4n) is 1.70. The average molecular weight is 268 g/mol. The number of nitrogens with zero attached hydrogens (tertiary/aromatic N) is 5. The van der Waals surface area contributed by atoms with Crippen molar-refractivity contribution < 1.29 is 4.79 Å². The molecular weight excluding hydrogens is 254 g/mol. The molecule has 0 saturated heterocycles. The molecule has 0 unspecified atom stereocenters. The topological polar surface area (TPSA) is 56.0 Å². The molecule has 7 heteroatoms. The lowest BCUT2D eigenvalue weighted by atomic mass is 10.3. The number of hydrogen-bond donors (Lipinski definition) is 0. The maximum Gasteiger partial charge on any atom is 0.273 e. The second kappa shape index (κ2) is 4.81. The van der Waals surface area contributed by atoms with Crippen LogP contribution in [-0.2, 0) is 20.6 Å². The molecule has 0 saturated carbocycles. The second-order valence-electron chi connectivity index (χ2n) is 4.07. The Morgan fingerprint density at radius 1 is 1.39 bits per heavy atom. The van der Waals surface area contributed by atoms with E-state index < -0.39 is 0 Å². The number of carbonyl (C=O) groups excluding carboxylic acids is 1. The maximum absolute atomic E-state index is 12.2. The summed E-state index contributed by atoms with van der Waals surface area (Å²) < 4.78 is 3.21. The van der Waals surface area contributed by atoms with Crippen molar-refractivity contribution in [2.24, 2.45) is 14.1 Å². The molecule has 2 rings (SSSR count). The molecule has 2 heterocycles. The fraction of sp³-hybridized carbons (Fsp3) is 0.364. The molecule has 0 N–H and O–H groups in total. The van der Waals surface area contributed by atoms with Crippen LogP contribution < -0.4 is 0 Å². The van der Waals surface area contributed by atoms with Crippen molar-refractivity contribution in [2.45, 2.75) is 6.54 Å². The van der Waals surface area contributed by atoms with E-state index in [-0.39, 0.29) is 5.91 Å². The molecule has 0 aliphatic carbocycles. The van der Waals surface area contributed by atoms with Crippen molar-refractivity contribution in [3.05, 3.63) is 34.9 Å². The van der Waals surface area contributed by atoms with Gasteiger partial charge in [-0.15, -0.1) is 0 Å². The number of aromatic nitrogens is 4. The first-order chi connectivity index (χ1) is 8.50. The molecule has 0 spiro atoms. The van der Waals surface area contributed by atoms with Crippen LogP contribution in [0, 0.1) is 0 Å². The highest BCUT2D eigenvalue weighted by molar-refractivity contribution is 6.33. The fourth-order valence-corrected chi connectivity index (χ4v) is 1.95. The van der Waals surface area contributed by atoms with E-state index in [0.717, 1.165) is 5.69 Å². The summed E-state index contributed by atoms with van der Waals surface area (Å²) >= 11 is 5.95. The van der Waals surface area contributed by atoms with E-state index in [1.807, 2.05) is 13.1 Å². The lowest BCUT2D eigenvalue weighted by molar-refractivity contribution is 0.0771. The molecule has 0 radical (unpaired) electrons. The Kier molecular flexibility index (Phi) is 3.38. The molecule has 0 aromatic carbocycles. The molecule has 0 aliphatic heterocycles. The molecule has 0 atom stereocenters. The van der Waals surface area contributed by atoms with Gasteiger partial charge in [0.1, 0.15) is 5.69 Å². The Morgan fingerprint density at radius 3 is 2.61 bits per heavy atom. The van der Waals surface area contributed by atoms with Gasteiger partial charge in [0.15, 0.2) is 0 Å². The van der Waals surface area contributed by atoms with Gasteiger partial charge in [-0.25, -0.2) is 0 Å². The van der Waals surface area contributed by atoms with E-state index in [0.29, 0.717) is 17.3 Å². The van der Waals surface area contributed by atoms with Gasteiger partial charge >= 0.3 is 0 Å². The zero-order chi connectivity index (χ0) is 13.3. The van der Waals surface area contributed by atoms with E-state index in [2.05, 4.69) is 10.2 Å². The summed E-state index contributed by atoms with van der Waals surface area (Å²) in [6.07, 6.45) is 3.16. The third kappa shape index (κ3) is 2.24. The molecule has 1 amide bonds. The van der Waals surface area contributed by atoms with Gasteiger partial charge in [0.25, 0.3) is 5.91 Å². The van der Waals surface area contributed by atoms with Gasteiger partial charge in [-0.1, -0.05) is 11.6 Å².